The largest absolute Gasteiger partial charge is 0.444 e. The van der Waals surface area contributed by atoms with Crippen molar-refractivity contribution >= 4 is 23.4 Å². The highest BCUT2D eigenvalue weighted by atomic mass is 16.6. The highest BCUT2D eigenvalue weighted by Crippen LogP contribution is 2.33. The van der Waals surface area contributed by atoms with Gasteiger partial charge in [0.25, 0.3) is 0 Å². The van der Waals surface area contributed by atoms with Gasteiger partial charge in [-0.05, 0) is 64.7 Å². The van der Waals surface area contributed by atoms with Gasteiger partial charge in [0.05, 0.1) is 11.4 Å². The Balaban J connectivity index is 1.88. The molecule has 0 radical (unpaired) electrons. The lowest BCUT2D eigenvalue weighted by Gasteiger charge is -2.34. The van der Waals surface area contributed by atoms with E-state index in [2.05, 4.69) is 27.7 Å². The highest BCUT2D eigenvalue weighted by molar-refractivity contribution is 6.01. The Kier molecular flexibility index (Phi) is 5.44. The molecule has 2 amide bonds. The maximum absolute atomic E-state index is 12.8. The van der Waals surface area contributed by atoms with Crippen LogP contribution in [0.25, 0.3) is 0 Å². The number of allylic oxidation sites excluding steroid dienone is 1. The lowest BCUT2D eigenvalue weighted by Crippen LogP contribution is -2.52. The van der Waals surface area contributed by atoms with E-state index in [1.165, 1.54) is 0 Å². The Morgan fingerprint density at radius 1 is 1.33 bits per heavy atom. The Bertz CT molecular complexity index is 752. The van der Waals surface area contributed by atoms with Gasteiger partial charge in [0.1, 0.15) is 11.6 Å². The summed E-state index contributed by atoms with van der Waals surface area (Å²) < 4.78 is 5.34. The second-order valence-corrected chi connectivity index (χ2v) is 8.29. The van der Waals surface area contributed by atoms with Crippen LogP contribution in [0.2, 0.25) is 0 Å². The van der Waals surface area contributed by atoms with Crippen molar-refractivity contribution in [2.24, 2.45) is 0 Å². The molecule has 6 nitrogen and oxygen atoms in total. The van der Waals surface area contributed by atoms with E-state index in [1.807, 2.05) is 25.1 Å². The summed E-state index contributed by atoms with van der Waals surface area (Å²) in [7, 11) is 0. The van der Waals surface area contributed by atoms with Crippen molar-refractivity contribution in [3.8, 4) is 0 Å². The van der Waals surface area contributed by atoms with Crippen molar-refractivity contribution in [3.63, 3.8) is 0 Å². The standard InChI is InChI=1S/C21H29N3O3/c1-14-10-11-18-16(12-14)22-19(25)17(23-20(26)27-21(2,3)4)13-24(18)15-8-6-5-7-9-15/h6,8,10-12,15,17H,5,7,9,13H2,1-4H3,(H,22,25)(H,23,26). The number of hydrogen-bond acceptors (Lipinski definition) is 4. The molecule has 146 valence electrons. The van der Waals surface area contributed by atoms with Crippen molar-refractivity contribution in [2.45, 2.75) is 64.6 Å². The van der Waals surface area contributed by atoms with Gasteiger partial charge in [-0.2, -0.15) is 0 Å². The molecule has 0 bridgehead atoms. The lowest BCUT2D eigenvalue weighted by molar-refractivity contribution is -0.117. The van der Waals surface area contributed by atoms with Gasteiger partial charge in [0.2, 0.25) is 5.91 Å². The molecule has 1 aliphatic heterocycles. The Morgan fingerprint density at radius 3 is 2.78 bits per heavy atom. The third-order valence-electron chi connectivity index (χ3n) is 4.74. The fraction of sp³-hybridized carbons (Fsp3) is 0.524. The topological polar surface area (TPSA) is 70.7 Å². The summed E-state index contributed by atoms with van der Waals surface area (Å²) in [5.74, 6) is -0.227. The minimum absolute atomic E-state index is 0.204. The van der Waals surface area contributed by atoms with Crippen LogP contribution in [0.4, 0.5) is 16.2 Å². The quantitative estimate of drug-likeness (QED) is 0.777. The first-order valence-electron chi connectivity index (χ1n) is 9.57. The van der Waals surface area contributed by atoms with Crippen molar-refractivity contribution in [2.75, 3.05) is 16.8 Å². The number of amides is 2. The zero-order valence-corrected chi connectivity index (χ0v) is 16.5. The van der Waals surface area contributed by atoms with E-state index >= 15 is 0 Å². The van der Waals surface area contributed by atoms with Crippen LogP contribution in [0.5, 0.6) is 0 Å². The minimum atomic E-state index is -0.692. The van der Waals surface area contributed by atoms with E-state index in [0.717, 1.165) is 36.2 Å². The summed E-state index contributed by atoms with van der Waals surface area (Å²) in [6, 6.07) is 5.58. The number of nitrogens with zero attached hydrogens (tertiary/aromatic N) is 1. The van der Waals surface area contributed by atoms with Crippen LogP contribution in [0.15, 0.2) is 30.4 Å². The number of nitrogens with one attached hydrogen (secondary N) is 2. The number of carbonyl (C=O) groups excluding carboxylic acids is 2. The van der Waals surface area contributed by atoms with E-state index < -0.39 is 17.7 Å². The molecule has 2 unspecified atom stereocenters. The molecule has 0 saturated carbocycles. The molecule has 2 aliphatic rings. The SMILES string of the molecule is Cc1ccc2c(c1)NC(=O)C(NC(=O)OC(C)(C)C)CN2C1C=CCCC1. The molecule has 1 aromatic rings. The number of aryl methyl sites for hydroxylation is 1. The maximum Gasteiger partial charge on any atom is 0.408 e. The van der Waals surface area contributed by atoms with Crippen molar-refractivity contribution in [3.05, 3.63) is 35.9 Å². The molecular formula is C21H29N3O3. The zero-order chi connectivity index (χ0) is 19.6. The van der Waals surface area contributed by atoms with E-state index in [-0.39, 0.29) is 11.9 Å². The fourth-order valence-electron chi connectivity index (χ4n) is 3.53. The molecule has 0 spiro atoms. The predicted molar refractivity (Wildman–Crippen MR) is 107 cm³/mol. The molecule has 1 aromatic carbocycles. The normalized spacial score (nSPS) is 22.5. The lowest BCUT2D eigenvalue weighted by atomic mass is 10.00. The third kappa shape index (κ3) is 4.81. The first kappa shape index (κ1) is 19.3. The molecule has 27 heavy (non-hydrogen) atoms. The second-order valence-electron chi connectivity index (χ2n) is 8.29. The van der Waals surface area contributed by atoms with Crippen molar-refractivity contribution in [1.82, 2.24) is 5.32 Å². The van der Waals surface area contributed by atoms with E-state index in [9.17, 15) is 9.59 Å². The number of anilines is 2. The van der Waals surface area contributed by atoms with E-state index in [0.29, 0.717) is 6.54 Å². The first-order chi connectivity index (χ1) is 12.7. The summed E-state index contributed by atoms with van der Waals surface area (Å²) in [4.78, 5) is 27.3. The third-order valence-corrected chi connectivity index (χ3v) is 4.74. The van der Waals surface area contributed by atoms with Crippen LogP contribution in [-0.2, 0) is 9.53 Å². The molecule has 2 atom stereocenters. The summed E-state index contributed by atoms with van der Waals surface area (Å²) >= 11 is 0. The smallest absolute Gasteiger partial charge is 0.408 e. The molecule has 6 heteroatoms. The van der Waals surface area contributed by atoms with E-state index in [1.54, 1.807) is 20.8 Å². The predicted octanol–water partition coefficient (Wildman–Crippen LogP) is 3.76. The molecule has 3 rings (SSSR count). The molecule has 0 fully saturated rings. The van der Waals surface area contributed by atoms with Crippen LogP contribution in [-0.4, -0.2) is 36.2 Å². The molecule has 0 saturated heterocycles. The molecule has 2 N–H and O–H groups in total. The van der Waals surface area contributed by atoms with Gasteiger partial charge in [-0.1, -0.05) is 18.2 Å². The van der Waals surface area contributed by atoms with Gasteiger partial charge in [-0.25, -0.2) is 4.79 Å². The maximum atomic E-state index is 12.8. The number of ether oxygens (including phenoxy) is 1. The number of alkyl carbamates (subject to hydrolysis) is 1. The number of benzene rings is 1. The van der Waals surface area contributed by atoms with E-state index in [4.69, 9.17) is 4.74 Å². The minimum Gasteiger partial charge on any atom is -0.444 e. The van der Waals surface area contributed by atoms with Gasteiger partial charge < -0.3 is 20.3 Å². The molecular weight excluding hydrogens is 342 g/mol. The average molecular weight is 371 g/mol. The Morgan fingerprint density at radius 2 is 2.11 bits per heavy atom. The first-order valence-corrected chi connectivity index (χ1v) is 9.57. The fourth-order valence-corrected chi connectivity index (χ4v) is 3.53. The Labute approximate surface area is 161 Å². The molecule has 0 aromatic heterocycles. The van der Waals surface area contributed by atoms with Crippen LogP contribution in [0.3, 0.4) is 0 Å². The summed E-state index contributed by atoms with van der Waals surface area (Å²) in [6.45, 7) is 7.81. The van der Waals surface area contributed by atoms with Crippen molar-refractivity contribution < 1.29 is 14.3 Å². The number of hydrogen-bond donors (Lipinski definition) is 2. The molecule has 1 aliphatic carbocycles. The van der Waals surface area contributed by atoms with Crippen LogP contribution in [0, 0.1) is 6.92 Å². The summed E-state index contributed by atoms with van der Waals surface area (Å²) in [5.41, 5.74) is 2.23. The van der Waals surface area contributed by atoms with Gasteiger partial charge >= 0.3 is 6.09 Å². The molecule has 1 heterocycles. The van der Waals surface area contributed by atoms with Gasteiger partial charge in [-0.3, -0.25) is 4.79 Å². The zero-order valence-electron chi connectivity index (χ0n) is 16.5. The number of carbonyl (C=O) groups is 2. The Hall–Kier alpha value is -2.50. The van der Waals surface area contributed by atoms with Crippen LogP contribution in [0.1, 0.15) is 45.6 Å². The second kappa shape index (κ2) is 7.62. The van der Waals surface area contributed by atoms with Gasteiger partial charge in [-0.15, -0.1) is 0 Å². The van der Waals surface area contributed by atoms with Crippen LogP contribution < -0.4 is 15.5 Å². The number of fused-ring (bicyclic) bond motifs is 1. The summed E-state index contributed by atoms with van der Waals surface area (Å²) in [6.07, 6.45) is 7.04. The average Bonchev–Trinajstić information content (AvgIpc) is 2.70. The van der Waals surface area contributed by atoms with Crippen molar-refractivity contribution in [1.29, 1.82) is 0 Å². The van der Waals surface area contributed by atoms with Crippen LogP contribution >= 0.6 is 0 Å². The van der Waals surface area contributed by atoms with Gasteiger partial charge in [0, 0.05) is 12.6 Å². The summed E-state index contributed by atoms with van der Waals surface area (Å²) in [5, 5.41) is 5.72. The highest BCUT2D eigenvalue weighted by Gasteiger charge is 2.33. The van der Waals surface area contributed by atoms with Gasteiger partial charge in [0.15, 0.2) is 0 Å². The monoisotopic (exact) mass is 371 g/mol. The number of rotatable bonds is 2.